The number of hydrogen-bond acceptors (Lipinski definition) is 3. The van der Waals surface area contributed by atoms with Gasteiger partial charge >= 0.3 is 6.09 Å². The molecule has 0 radical (unpaired) electrons. The molecule has 0 unspecified atom stereocenters. The Bertz CT molecular complexity index is 294. The molecule has 1 atom stereocenters. The molecule has 1 aliphatic carbocycles. The molecule has 1 amide bonds. The molecular formula is C14H25NO3. The molecule has 1 saturated heterocycles. The van der Waals surface area contributed by atoms with Crippen LogP contribution in [-0.4, -0.2) is 42.9 Å². The average Bonchev–Trinajstić information content (AvgIpc) is 2.92. The van der Waals surface area contributed by atoms with Gasteiger partial charge in [-0.05, 0) is 46.0 Å². The topological polar surface area (TPSA) is 38.8 Å². The summed E-state index contributed by atoms with van der Waals surface area (Å²) in [6.07, 6.45) is 3.50. The number of ether oxygens (including phenoxy) is 2. The van der Waals surface area contributed by atoms with Gasteiger partial charge in [-0.15, -0.1) is 0 Å². The van der Waals surface area contributed by atoms with Crippen molar-refractivity contribution >= 4 is 6.09 Å². The van der Waals surface area contributed by atoms with E-state index in [9.17, 15) is 4.79 Å². The fourth-order valence-corrected chi connectivity index (χ4v) is 2.15. The number of carbonyl (C=O) groups excluding carboxylic acids is 1. The van der Waals surface area contributed by atoms with E-state index in [0.29, 0.717) is 5.92 Å². The van der Waals surface area contributed by atoms with Crippen LogP contribution in [-0.2, 0) is 9.47 Å². The molecule has 0 aromatic heterocycles. The average molecular weight is 255 g/mol. The van der Waals surface area contributed by atoms with Crippen molar-refractivity contribution < 1.29 is 14.3 Å². The smallest absolute Gasteiger partial charge is 0.410 e. The second-order valence-electron chi connectivity index (χ2n) is 6.56. The fraction of sp³-hybridized carbons (Fsp3) is 0.929. The van der Waals surface area contributed by atoms with Gasteiger partial charge in [0.1, 0.15) is 5.60 Å². The minimum Gasteiger partial charge on any atom is -0.444 e. The van der Waals surface area contributed by atoms with Crippen molar-refractivity contribution in [3.05, 3.63) is 0 Å². The Kier molecular flexibility index (Phi) is 4.15. The van der Waals surface area contributed by atoms with Gasteiger partial charge in [-0.3, -0.25) is 0 Å². The molecule has 0 spiro atoms. The summed E-state index contributed by atoms with van der Waals surface area (Å²) >= 11 is 0. The lowest BCUT2D eigenvalue weighted by molar-refractivity contribution is 0.0273. The van der Waals surface area contributed by atoms with Crippen LogP contribution in [0.15, 0.2) is 0 Å². The summed E-state index contributed by atoms with van der Waals surface area (Å²) in [4.78, 5) is 13.7. The van der Waals surface area contributed by atoms with Crippen molar-refractivity contribution in [3.8, 4) is 0 Å². The van der Waals surface area contributed by atoms with Gasteiger partial charge in [-0.1, -0.05) is 0 Å². The van der Waals surface area contributed by atoms with Crippen molar-refractivity contribution in [1.29, 1.82) is 0 Å². The van der Waals surface area contributed by atoms with E-state index in [4.69, 9.17) is 9.47 Å². The summed E-state index contributed by atoms with van der Waals surface area (Å²) in [5.41, 5.74) is -0.405. The van der Waals surface area contributed by atoms with Gasteiger partial charge in [0.2, 0.25) is 0 Å². The highest BCUT2D eigenvalue weighted by Crippen LogP contribution is 2.29. The first kappa shape index (κ1) is 13.7. The van der Waals surface area contributed by atoms with E-state index in [1.165, 1.54) is 12.8 Å². The lowest BCUT2D eigenvalue weighted by atomic mass is 10.1. The van der Waals surface area contributed by atoms with Crippen LogP contribution in [0.25, 0.3) is 0 Å². The summed E-state index contributed by atoms with van der Waals surface area (Å²) < 4.78 is 11.1. The highest BCUT2D eigenvalue weighted by atomic mass is 16.6. The maximum Gasteiger partial charge on any atom is 0.410 e. The predicted octanol–water partition coefficient (Wildman–Crippen LogP) is 2.67. The SMILES string of the molecule is CC(C)(C)OC(=O)N1CC[C@H](COCC2CC2)C1. The van der Waals surface area contributed by atoms with Crippen molar-refractivity contribution in [2.24, 2.45) is 11.8 Å². The standard InChI is InChI=1S/C14H25NO3/c1-14(2,3)18-13(16)15-7-6-12(8-15)10-17-9-11-4-5-11/h11-12H,4-10H2,1-3H3/t12-/m0/s1. The van der Waals surface area contributed by atoms with Crippen molar-refractivity contribution in [1.82, 2.24) is 4.90 Å². The normalized spacial score (nSPS) is 24.4. The van der Waals surface area contributed by atoms with Crippen molar-refractivity contribution in [3.63, 3.8) is 0 Å². The highest BCUT2D eigenvalue weighted by molar-refractivity contribution is 5.68. The molecule has 0 bridgehead atoms. The van der Waals surface area contributed by atoms with Crippen LogP contribution in [0.2, 0.25) is 0 Å². The van der Waals surface area contributed by atoms with Gasteiger partial charge in [0.25, 0.3) is 0 Å². The largest absolute Gasteiger partial charge is 0.444 e. The molecule has 1 aliphatic heterocycles. The van der Waals surface area contributed by atoms with Crippen LogP contribution in [0, 0.1) is 11.8 Å². The molecule has 104 valence electrons. The molecule has 18 heavy (non-hydrogen) atoms. The molecule has 0 N–H and O–H groups in total. The summed E-state index contributed by atoms with van der Waals surface area (Å²) in [7, 11) is 0. The molecule has 0 aromatic carbocycles. The maximum absolute atomic E-state index is 11.9. The molecule has 4 nitrogen and oxygen atoms in total. The fourth-order valence-electron chi connectivity index (χ4n) is 2.15. The van der Waals surface area contributed by atoms with E-state index in [2.05, 4.69) is 0 Å². The first-order valence-corrected chi connectivity index (χ1v) is 7.00. The Morgan fingerprint density at radius 3 is 2.44 bits per heavy atom. The molecule has 2 aliphatic rings. The predicted molar refractivity (Wildman–Crippen MR) is 69.5 cm³/mol. The Labute approximate surface area is 110 Å². The second kappa shape index (κ2) is 5.47. The third-order valence-corrected chi connectivity index (χ3v) is 3.34. The highest BCUT2D eigenvalue weighted by Gasteiger charge is 2.30. The number of rotatable bonds is 4. The van der Waals surface area contributed by atoms with Gasteiger partial charge in [0, 0.05) is 25.6 Å². The number of likely N-dealkylation sites (tertiary alicyclic amines) is 1. The zero-order valence-corrected chi connectivity index (χ0v) is 11.8. The first-order chi connectivity index (χ1) is 8.44. The van der Waals surface area contributed by atoms with Crippen LogP contribution in [0.3, 0.4) is 0 Å². The Morgan fingerprint density at radius 2 is 1.83 bits per heavy atom. The number of nitrogens with zero attached hydrogens (tertiary/aromatic N) is 1. The number of amides is 1. The lowest BCUT2D eigenvalue weighted by Gasteiger charge is -2.24. The van der Waals surface area contributed by atoms with E-state index >= 15 is 0 Å². The summed E-state index contributed by atoms with van der Waals surface area (Å²) in [5, 5.41) is 0. The van der Waals surface area contributed by atoms with Gasteiger partial charge < -0.3 is 14.4 Å². The maximum atomic E-state index is 11.9. The monoisotopic (exact) mass is 255 g/mol. The molecule has 4 heteroatoms. The zero-order chi connectivity index (χ0) is 13.2. The van der Waals surface area contributed by atoms with Crippen LogP contribution in [0.5, 0.6) is 0 Å². The van der Waals surface area contributed by atoms with Crippen LogP contribution >= 0.6 is 0 Å². The molecule has 2 rings (SSSR count). The number of carbonyl (C=O) groups is 1. The number of hydrogen-bond donors (Lipinski definition) is 0. The Morgan fingerprint density at radius 1 is 1.17 bits per heavy atom. The van der Waals surface area contributed by atoms with Crippen LogP contribution in [0.4, 0.5) is 4.79 Å². The molecular weight excluding hydrogens is 230 g/mol. The Balaban J connectivity index is 1.65. The van der Waals surface area contributed by atoms with Gasteiger partial charge in [0.05, 0.1) is 6.61 Å². The third-order valence-electron chi connectivity index (χ3n) is 3.34. The van der Waals surface area contributed by atoms with E-state index in [1.807, 2.05) is 20.8 Å². The van der Waals surface area contributed by atoms with Crippen LogP contribution in [0.1, 0.15) is 40.0 Å². The molecule has 1 saturated carbocycles. The molecule has 2 fully saturated rings. The van der Waals surface area contributed by atoms with E-state index in [1.54, 1.807) is 4.90 Å². The second-order valence-corrected chi connectivity index (χ2v) is 6.56. The zero-order valence-electron chi connectivity index (χ0n) is 11.8. The third kappa shape index (κ3) is 4.48. The lowest BCUT2D eigenvalue weighted by Crippen LogP contribution is -2.35. The van der Waals surface area contributed by atoms with Crippen molar-refractivity contribution in [2.75, 3.05) is 26.3 Å². The minimum atomic E-state index is -0.405. The van der Waals surface area contributed by atoms with E-state index in [-0.39, 0.29) is 6.09 Å². The summed E-state index contributed by atoms with van der Waals surface area (Å²) in [6.45, 7) is 8.97. The molecule has 1 heterocycles. The van der Waals surface area contributed by atoms with E-state index in [0.717, 1.165) is 38.6 Å². The first-order valence-electron chi connectivity index (χ1n) is 7.00. The quantitative estimate of drug-likeness (QED) is 0.775. The van der Waals surface area contributed by atoms with E-state index < -0.39 is 5.60 Å². The van der Waals surface area contributed by atoms with Gasteiger partial charge in [0.15, 0.2) is 0 Å². The minimum absolute atomic E-state index is 0.188. The Hall–Kier alpha value is -0.770. The summed E-state index contributed by atoms with van der Waals surface area (Å²) in [5.74, 6) is 1.30. The molecule has 0 aromatic rings. The summed E-state index contributed by atoms with van der Waals surface area (Å²) in [6, 6.07) is 0. The van der Waals surface area contributed by atoms with Crippen LogP contribution < -0.4 is 0 Å². The van der Waals surface area contributed by atoms with Gasteiger partial charge in [-0.2, -0.15) is 0 Å². The van der Waals surface area contributed by atoms with Gasteiger partial charge in [-0.25, -0.2) is 4.79 Å². The van der Waals surface area contributed by atoms with Crippen molar-refractivity contribution in [2.45, 2.75) is 45.6 Å².